The minimum atomic E-state index is -3.72. The second kappa shape index (κ2) is 9.15. The fourth-order valence-electron chi connectivity index (χ4n) is 4.28. The quantitative estimate of drug-likeness (QED) is 0.425. The SMILES string of the molecule is Bc1cnn2c(NCc3cccnc3)cc(C3CCCN(S(=O)(=O)c4ccc(F)cc4)C3)nc12. The minimum absolute atomic E-state index is 0.0674. The summed E-state index contributed by atoms with van der Waals surface area (Å²) in [6, 6.07) is 10.8. The summed E-state index contributed by atoms with van der Waals surface area (Å²) in [5.74, 6) is 0.258. The van der Waals surface area contributed by atoms with Gasteiger partial charge in [0.2, 0.25) is 10.0 Å². The number of hydrogen-bond donors (Lipinski definition) is 1. The largest absolute Gasteiger partial charge is 0.366 e. The van der Waals surface area contributed by atoms with Crippen molar-refractivity contribution < 1.29 is 12.8 Å². The number of rotatable bonds is 6. The van der Waals surface area contributed by atoms with E-state index in [1.165, 1.54) is 28.6 Å². The molecule has 0 saturated carbocycles. The lowest BCUT2D eigenvalue weighted by molar-refractivity contribution is 0.313. The fourth-order valence-corrected chi connectivity index (χ4v) is 5.80. The lowest BCUT2D eigenvalue weighted by Gasteiger charge is -2.32. The second-order valence-electron chi connectivity index (χ2n) is 8.50. The Balaban J connectivity index is 1.44. The molecule has 1 N–H and O–H groups in total. The van der Waals surface area contributed by atoms with Crippen molar-refractivity contribution in [3.63, 3.8) is 0 Å². The lowest BCUT2D eigenvalue weighted by atomic mass is 9.95. The first-order valence-corrected chi connectivity index (χ1v) is 12.6. The van der Waals surface area contributed by atoms with Crippen molar-refractivity contribution >= 4 is 34.8 Å². The molecule has 0 bridgehead atoms. The average Bonchev–Trinajstić information content (AvgIpc) is 3.24. The number of halogens is 1. The third-order valence-electron chi connectivity index (χ3n) is 6.12. The number of fused-ring (bicyclic) bond motifs is 1. The molecule has 5 rings (SSSR count). The maximum Gasteiger partial charge on any atom is 0.243 e. The van der Waals surface area contributed by atoms with E-state index in [0.717, 1.165) is 34.6 Å². The normalized spacial score (nSPS) is 17.1. The average molecular weight is 478 g/mol. The number of nitrogens with zero attached hydrogens (tertiary/aromatic N) is 5. The van der Waals surface area contributed by atoms with Gasteiger partial charge in [-0.25, -0.2) is 17.8 Å². The van der Waals surface area contributed by atoms with Crippen LogP contribution in [0, 0.1) is 5.82 Å². The number of hydrogen-bond acceptors (Lipinski definition) is 6. The summed E-state index contributed by atoms with van der Waals surface area (Å²) in [7, 11) is -1.76. The van der Waals surface area contributed by atoms with Crippen LogP contribution in [0.3, 0.4) is 0 Å². The molecule has 0 aliphatic carbocycles. The van der Waals surface area contributed by atoms with Crippen LogP contribution in [0.5, 0.6) is 0 Å². The number of anilines is 1. The van der Waals surface area contributed by atoms with Crippen molar-refractivity contribution in [2.24, 2.45) is 0 Å². The third-order valence-corrected chi connectivity index (χ3v) is 8.00. The van der Waals surface area contributed by atoms with E-state index in [4.69, 9.17) is 4.98 Å². The summed E-state index contributed by atoms with van der Waals surface area (Å²) < 4.78 is 42.9. The molecular weight excluding hydrogens is 454 g/mol. The predicted molar refractivity (Wildman–Crippen MR) is 130 cm³/mol. The zero-order valence-corrected chi connectivity index (χ0v) is 19.5. The molecule has 0 amide bonds. The molecule has 1 aliphatic heterocycles. The molecule has 8 nitrogen and oxygen atoms in total. The fraction of sp³-hybridized carbons (Fsp3) is 0.261. The highest BCUT2D eigenvalue weighted by molar-refractivity contribution is 7.89. The molecule has 4 heterocycles. The Morgan fingerprint density at radius 2 is 2.00 bits per heavy atom. The van der Waals surface area contributed by atoms with Crippen LogP contribution >= 0.6 is 0 Å². The summed E-state index contributed by atoms with van der Waals surface area (Å²) in [5, 5.41) is 7.88. The summed E-state index contributed by atoms with van der Waals surface area (Å²) >= 11 is 0. The zero-order chi connectivity index (χ0) is 23.7. The van der Waals surface area contributed by atoms with Gasteiger partial charge in [0.25, 0.3) is 0 Å². The van der Waals surface area contributed by atoms with Gasteiger partial charge in [0.15, 0.2) is 5.65 Å². The molecule has 3 aromatic heterocycles. The van der Waals surface area contributed by atoms with Crippen LogP contribution in [0.25, 0.3) is 5.65 Å². The van der Waals surface area contributed by atoms with Crippen LogP contribution in [-0.4, -0.2) is 53.2 Å². The molecule has 4 aromatic rings. The van der Waals surface area contributed by atoms with Gasteiger partial charge in [-0.1, -0.05) is 6.07 Å². The van der Waals surface area contributed by atoms with Gasteiger partial charge in [-0.3, -0.25) is 4.98 Å². The molecule has 1 saturated heterocycles. The van der Waals surface area contributed by atoms with Gasteiger partial charge in [-0.05, 0) is 54.2 Å². The molecule has 0 spiro atoms. The van der Waals surface area contributed by atoms with Gasteiger partial charge in [0.05, 0.1) is 10.6 Å². The second-order valence-corrected chi connectivity index (χ2v) is 10.4. The summed E-state index contributed by atoms with van der Waals surface area (Å²) in [5.41, 5.74) is 3.54. The van der Waals surface area contributed by atoms with Crippen LogP contribution in [0.15, 0.2) is 66.0 Å². The summed E-state index contributed by atoms with van der Waals surface area (Å²) in [4.78, 5) is 9.11. The zero-order valence-electron chi connectivity index (χ0n) is 18.7. The maximum absolute atomic E-state index is 13.3. The monoisotopic (exact) mass is 478 g/mol. The Kier molecular flexibility index (Phi) is 6.05. The number of aromatic nitrogens is 4. The number of benzene rings is 1. The first kappa shape index (κ1) is 22.5. The topological polar surface area (TPSA) is 92.5 Å². The number of sulfonamides is 1. The van der Waals surface area contributed by atoms with Crippen molar-refractivity contribution in [1.29, 1.82) is 0 Å². The van der Waals surface area contributed by atoms with Crippen LogP contribution in [0.4, 0.5) is 10.2 Å². The Morgan fingerprint density at radius 3 is 2.76 bits per heavy atom. The standard InChI is InChI=1S/C23H24BFN6O2S/c24-20-14-28-31-22(27-13-16-3-1-9-26-12-16)11-21(29-23(20)31)17-4-2-10-30(15-17)34(32,33)19-7-5-18(25)6-8-19/h1,3,5-9,11-12,14,17,27H,2,4,10,13,15,24H2. The van der Waals surface area contributed by atoms with Crippen LogP contribution < -0.4 is 10.8 Å². The molecule has 1 aliphatic rings. The van der Waals surface area contributed by atoms with Gasteiger partial charge in [-0.15, -0.1) is 0 Å². The lowest BCUT2D eigenvalue weighted by Crippen LogP contribution is -2.39. The molecule has 1 atom stereocenters. The van der Waals surface area contributed by atoms with Crippen molar-refractivity contribution in [2.45, 2.75) is 30.2 Å². The van der Waals surface area contributed by atoms with E-state index in [0.29, 0.717) is 26.1 Å². The molecule has 1 aromatic carbocycles. The van der Waals surface area contributed by atoms with E-state index >= 15 is 0 Å². The first-order chi connectivity index (χ1) is 16.4. The Labute approximate surface area is 198 Å². The minimum Gasteiger partial charge on any atom is -0.366 e. The molecule has 34 heavy (non-hydrogen) atoms. The molecule has 11 heteroatoms. The first-order valence-electron chi connectivity index (χ1n) is 11.2. The molecule has 1 fully saturated rings. The van der Waals surface area contributed by atoms with Gasteiger partial charge < -0.3 is 5.32 Å². The van der Waals surface area contributed by atoms with E-state index in [9.17, 15) is 12.8 Å². The highest BCUT2D eigenvalue weighted by atomic mass is 32.2. The van der Waals surface area contributed by atoms with E-state index in [1.807, 2.05) is 26.0 Å². The van der Waals surface area contributed by atoms with Crippen molar-refractivity contribution in [3.8, 4) is 0 Å². The maximum atomic E-state index is 13.3. The third kappa shape index (κ3) is 4.40. The van der Waals surface area contributed by atoms with E-state index in [1.54, 1.807) is 23.1 Å². The van der Waals surface area contributed by atoms with E-state index in [-0.39, 0.29) is 10.8 Å². The van der Waals surface area contributed by atoms with Crippen LogP contribution in [-0.2, 0) is 16.6 Å². The van der Waals surface area contributed by atoms with Crippen molar-refractivity contribution in [1.82, 2.24) is 23.9 Å². The van der Waals surface area contributed by atoms with E-state index in [2.05, 4.69) is 15.4 Å². The van der Waals surface area contributed by atoms with E-state index < -0.39 is 15.8 Å². The highest BCUT2D eigenvalue weighted by Gasteiger charge is 2.32. The molecule has 1 unspecified atom stereocenters. The van der Waals surface area contributed by atoms with Gasteiger partial charge in [0.1, 0.15) is 19.5 Å². The Hall–Kier alpha value is -3.31. The smallest absolute Gasteiger partial charge is 0.243 e. The van der Waals surface area contributed by atoms with Crippen molar-refractivity contribution in [3.05, 3.63) is 78.1 Å². The van der Waals surface area contributed by atoms with Gasteiger partial charge >= 0.3 is 0 Å². The molecular formula is C23H24BFN6O2S. The van der Waals surface area contributed by atoms with Crippen molar-refractivity contribution in [2.75, 3.05) is 18.4 Å². The predicted octanol–water partition coefficient (Wildman–Crippen LogP) is 1.70. The summed E-state index contributed by atoms with van der Waals surface area (Å²) in [6.45, 7) is 1.31. The number of nitrogens with one attached hydrogen (secondary N) is 1. The Bertz CT molecular complexity index is 1410. The summed E-state index contributed by atoms with van der Waals surface area (Å²) in [6.07, 6.45) is 6.86. The van der Waals surface area contributed by atoms with Gasteiger partial charge in [0, 0.05) is 50.2 Å². The molecule has 174 valence electrons. The van der Waals surface area contributed by atoms with Gasteiger partial charge in [-0.2, -0.15) is 13.9 Å². The van der Waals surface area contributed by atoms with Crippen LogP contribution in [0.1, 0.15) is 30.0 Å². The van der Waals surface area contributed by atoms with Crippen LogP contribution in [0.2, 0.25) is 0 Å². The molecule has 0 radical (unpaired) electrons. The Morgan fingerprint density at radius 1 is 1.18 bits per heavy atom. The highest BCUT2D eigenvalue weighted by Crippen LogP contribution is 2.31. The number of pyridine rings is 1. The number of piperidine rings is 1.